The van der Waals surface area contributed by atoms with Crippen LogP contribution in [0, 0.1) is 5.92 Å². The van der Waals surface area contributed by atoms with Crippen molar-refractivity contribution in [3.05, 3.63) is 51.9 Å². The lowest BCUT2D eigenvalue weighted by Gasteiger charge is -2.29. The van der Waals surface area contributed by atoms with E-state index in [9.17, 15) is 4.79 Å². The Morgan fingerprint density at radius 2 is 2.03 bits per heavy atom. The molecule has 0 unspecified atom stereocenters. The third-order valence-electron chi connectivity index (χ3n) is 6.40. The molecule has 184 valence electrons. The van der Waals surface area contributed by atoms with Crippen molar-refractivity contribution in [3.63, 3.8) is 0 Å². The van der Waals surface area contributed by atoms with Crippen molar-refractivity contribution in [2.75, 3.05) is 11.4 Å². The first kappa shape index (κ1) is 23.6. The summed E-state index contributed by atoms with van der Waals surface area (Å²) in [7, 11) is 0. The van der Waals surface area contributed by atoms with E-state index in [0.29, 0.717) is 18.1 Å². The number of nitrogens with one attached hydrogen (secondary N) is 1. The van der Waals surface area contributed by atoms with Gasteiger partial charge in [-0.25, -0.2) is 4.79 Å². The quantitative estimate of drug-likeness (QED) is 0.663. The summed E-state index contributed by atoms with van der Waals surface area (Å²) < 4.78 is 11.8. The Morgan fingerprint density at radius 3 is 2.74 bits per heavy atom. The molecule has 0 aromatic carbocycles. The van der Waals surface area contributed by atoms with Crippen molar-refractivity contribution in [1.29, 1.82) is 0 Å². The monoisotopic (exact) mass is 495 g/mol. The third kappa shape index (κ3) is 5.12. The highest BCUT2D eigenvalue weighted by atomic mass is 35.5. The summed E-state index contributed by atoms with van der Waals surface area (Å²) in [5, 5.41) is 11.3. The molecule has 2 aliphatic heterocycles. The number of rotatable bonds is 3. The topological polar surface area (TPSA) is 92.2 Å². The number of pyridine rings is 1. The van der Waals surface area contributed by atoms with Gasteiger partial charge in [-0.2, -0.15) is 10.2 Å². The van der Waals surface area contributed by atoms with Crippen LogP contribution in [0.4, 0.5) is 10.5 Å². The molecule has 2 aromatic rings. The van der Waals surface area contributed by atoms with Crippen molar-refractivity contribution in [1.82, 2.24) is 9.97 Å². The molecule has 1 aliphatic carbocycles. The molecule has 9 heteroatoms. The van der Waals surface area contributed by atoms with Crippen LogP contribution in [0.25, 0.3) is 11.8 Å². The van der Waals surface area contributed by atoms with Crippen molar-refractivity contribution in [2.24, 2.45) is 16.1 Å². The molecule has 0 bridgehead atoms. The first-order chi connectivity index (χ1) is 16.8. The van der Waals surface area contributed by atoms with E-state index in [1.54, 1.807) is 17.3 Å². The number of azo groups is 1. The fourth-order valence-electron chi connectivity index (χ4n) is 4.87. The van der Waals surface area contributed by atoms with Gasteiger partial charge in [0.05, 0.1) is 40.9 Å². The second-order valence-electron chi connectivity index (χ2n) is 10.1. The third-order valence-corrected chi connectivity index (χ3v) is 6.66. The average molecular weight is 496 g/mol. The lowest BCUT2D eigenvalue weighted by atomic mass is 9.84. The van der Waals surface area contributed by atoms with Crippen LogP contribution in [0.3, 0.4) is 0 Å². The van der Waals surface area contributed by atoms with Crippen molar-refractivity contribution in [3.8, 4) is 5.75 Å². The molecule has 0 atom stereocenters. The van der Waals surface area contributed by atoms with E-state index < -0.39 is 11.7 Å². The molecule has 0 radical (unpaired) electrons. The number of H-pyrrole nitrogens is 1. The summed E-state index contributed by atoms with van der Waals surface area (Å²) in [6.45, 7) is 6.30. The van der Waals surface area contributed by atoms with E-state index in [1.165, 1.54) is 0 Å². The Bertz CT molecular complexity index is 1280. The predicted octanol–water partition coefficient (Wildman–Crippen LogP) is 4.78. The number of nitrogens with zero attached hydrogens (tertiary/aromatic N) is 4. The molecule has 3 aliphatic rings. The number of aromatic nitrogens is 2. The minimum absolute atomic E-state index is 0.163. The Balaban J connectivity index is 1.45. The Kier molecular flexibility index (Phi) is 6.40. The fourth-order valence-corrected chi connectivity index (χ4v) is 5.04. The second-order valence-corrected chi connectivity index (χ2v) is 10.6. The highest BCUT2D eigenvalue weighted by Crippen LogP contribution is 2.35. The minimum atomic E-state index is -0.606. The molecule has 35 heavy (non-hydrogen) atoms. The number of aromatic amines is 1. The number of carbonyl (C=O) groups excluding carboxylic acids is 1. The largest absolute Gasteiger partial charge is 0.489 e. The first-order valence-corrected chi connectivity index (χ1v) is 12.4. The van der Waals surface area contributed by atoms with Gasteiger partial charge in [-0.1, -0.05) is 11.6 Å². The molecular weight excluding hydrogens is 466 g/mol. The van der Waals surface area contributed by atoms with Crippen molar-refractivity contribution >= 4 is 35.2 Å². The van der Waals surface area contributed by atoms with Crippen LogP contribution >= 0.6 is 11.6 Å². The smallest absolute Gasteiger partial charge is 0.415 e. The zero-order valence-corrected chi connectivity index (χ0v) is 21.0. The summed E-state index contributed by atoms with van der Waals surface area (Å²) in [6, 6.07) is 3.82. The zero-order chi connectivity index (χ0) is 24.6. The van der Waals surface area contributed by atoms with Gasteiger partial charge in [0, 0.05) is 29.3 Å². The minimum Gasteiger partial charge on any atom is -0.489 e. The van der Waals surface area contributed by atoms with Gasteiger partial charge < -0.3 is 14.5 Å². The standard InChI is InChI=1S/C26H30ClN5O3/c1-26(2,3)35-25(33)32-12-10-17(27)13-21-24(32)20-15-29-31-22(23(20)30-21)16-6-8-18(9-7-16)34-19-5-4-11-28-14-19/h4-5,10-11,13-14,16,18,30H,6-9,12,15H2,1-3H3/t16-,18-. The number of allylic oxidation sites excluding steroid dienone is 1. The molecule has 2 aromatic heterocycles. The second kappa shape index (κ2) is 9.49. The van der Waals surface area contributed by atoms with E-state index in [1.807, 2.05) is 45.1 Å². The van der Waals surface area contributed by atoms with Crippen LogP contribution in [0.1, 0.15) is 52.0 Å². The zero-order valence-electron chi connectivity index (χ0n) is 20.3. The van der Waals surface area contributed by atoms with E-state index in [4.69, 9.17) is 21.1 Å². The van der Waals surface area contributed by atoms with E-state index in [-0.39, 0.29) is 12.0 Å². The SMILES string of the molecule is CC(C)(C)OC(=O)N1CC=C(Cl)C=c2[nH]c3c(c21)CN=NC=3[C@H]1CC[C@H](Oc2cccnc2)CC1. The molecule has 1 N–H and O–H groups in total. The van der Waals surface area contributed by atoms with Crippen LogP contribution in [0.2, 0.25) is 0 Å². The fraction of sp³-hybridized carbons (Fsp3) is 0.462. The van der Waals surface area contributed by atoms with Crippen molar-refractivity contribution in [2.45, 2.75) is 64.7 Å². The molecule has 8 nitrogen and oxygen atoms in total. The van der Waals surface area contributed by atoms with Crippen molar-refractivity contribution < 1.29 is 14.3 Å². The Labute approximate surface area is 209 Å². The maximum absolute atomic E-state index is 13.1. The number of amides is 1. The number of anilines is 1. The van der Waals surface area contributed by atoms with Gasteiger partial charge in [0.25, 0.3) is 0 Å². The average Bonchev–Trinajstić information content (AvgIpc) is 3.08. The Morgan fingerprint density at radius 1 is 1.23 bits per heavy atom. The van der Waals surface area contributed by atoms with Crippen LogP contribution in [-0.2, 0) is 11.3 Å². The highest BCUT2D eigenvalue weighted by molar-refractivity contribution is 6.34. The van der Waals surface area contributed by atoms with Crippen LogP contribution in [0.5, 0.6) is 5.75 Å². The van der Waals surface area contributed by atoms with Gasteiger partial charge in [-0.3, -0.25) is 9.88 Å². The van der Waals surface area contributed by atoms with Crippen LogP contribution in [0.15, 0.2) is 45.9 Å². The summed E-state index contributed by atoms with van der Waals surface area (Å²) in [5.41, 5.74) is 2.06. The highest BCUT2D eigenvalue weighted by Gasteiger charge is 2.32. The first-order valence-electron chi connectivity index (χ1n) is 12.1. The molecule has 4 heterocycles. The van der Waals surface area contributed by atoms with Gasteiger partial charge in [0.15, 0.2) is 0 Å². The molecule has 0 saturated heterocycles. The molecule has 1 saturated carbocycles. The maximum Gasteiger partial charge on any atom is 0.415 e. The van der Waals surface area contributed by atoms with E-state index >= 15 is 0 Å². The summed E-state index contributed by atoms with van der Waals surface area (Å²) in [5.74, 6) is 1.06. The van der Waals surface area contributed by atoms with Gasteiger partial charge >= 0.3 is 6.09 Å². The Hall–Kier alpha value is -3.13. The molecule has 5 rings (SSSR count). The molecule has 1 fully saturated rings. The molecule has 1 amide bonds. The molecule has 0 spiro atoms. The summed E-state index contributed by atoms with van der Waals surface area (Å²) >= 11 is 6.42. The number of carbonyl (C=O) groups is 1. The number of hydrogen-bond acceptors (Lipinski definition) is 6. The van der Waals surface area contributed by atoms with Gasteiger partial charge in [0.1, 0.15) is 11.4 Å². The normalized spacial score (nSPS) is 21.9. The summed E-state index contributed by atoms with van der Waals surface area (Å²) in [4.78, 5) is 22.4. The number of hydrogen-bond donors (Lipinski definition) is 1. The van der Waals surface area contributed by atoms with Gasteiger partial charge in [0.2, 0.25) is 0 Å². The van der Waals surface area contributed by atoms with Crippen LogP contribution < -0.4 is 20.3 Å². The van der Waals surface area contributed by atoms with Gasteiger partial charge in [-0.15, -0.1) is 0 Å². The van der Waals surface area contributed by atoms with E-state index in [2.05, 4.69) is 20.2 Å². The number of halogens is 1. The number of ether oxygens (including phenoxy) is 2. The summed E-state index contributed by atoms with van der Waals surface area (Å²) in [6.07, 6.45) is 10.7. The molecular formula is C26H30ClN5O3. The number of fused-ring (bicyclic) bond motifs is 3. The van der Waals surface area contributed by atoms with Gasteiger partial charge in [-0.05, 0) is 70.7 Å². The lowest BCUT2D eigenvalue weighted by Crippen LogP contribution is -2.39. The van der Waals surface area contributed by atoms with E-state index in [0.717, 1.165) is 59.1 Å². The maximum atomic E-state index is 13.1. The van der Waals surface area contributed by atoms with Crippen LogP contribution in [-0.4, -0.2) is 34.3 Å². The lowest BCUT2D eigenvalue weighted by molar-refractivity contribution is 0.0584. The predicted molar refractivity (Wildman–Crippen MR) is 135 cm³/mol.